The van der Waals surface area contributed by atoms with Gasteiger partial charge in [-0.2, -0.15) is 5.26 Å². The summed E-state index contributed by atoms with van der Waals surface area (Å²) in [5.74, 6) is 0.620. The van der Waals surface area contributed by atoms with Crippen LogP contribution < -0.4 is 0 Å². The largest absolute Gasteiger partial charge is 0.270 e. The number of pyridine rings is 1. The van der Waals surface area contributed by atoms with Crippen molar-refractivity contribution in [3.8, 4) is 23.1 Å². The molecule has 2 aromatic heterocycles. The predicted octanol–water partition coefficient (Wildman–Crippen LogP) is 4.64. The highest BCUT2D eigenvalue weighted by Crippen LogP contribution is 2.32. The second-order valence-electron chi connectivity index (χ2n) is 4.87. The number of aromatic nitrogens is 4. The lowest BCUT2D eigenvalue weighted by Crippen LogP contribution is -2.02. The minimum atomic E-state index is -0.266. The molecule has 1 unspecified atom stereocenters. The molecule has 0 bridgehead atoms. The molecule has 3 rings (SSSR count). The van der Waals surface area contributed by atoms with Gasteiger partial charge in [0.05, 0.1) is 27.1 Å². The monoisotopic (exact) mass is 375 g/mol. The molecule has 0 aliphatic heterocycles. The van der Waals surface area contributed by atoms with Gasteiger partial charge in [-0.05, 0) is 37.3 Å². The first kappa shape index (κ1) is 16.8. The van der Waals surface area contributed by atoms with Crippen LogP contribution in [0.2, 0.25) is 10.0 Å². The number of nitriles is 1. The molecule has 8 heteroatoms. The van der Waals surface area contributed by atoms with E-state index in [0.29, 0.717) is 21.0 Å². The second-order valence-corrected chi connectivity index (χ2v) is 6.99. The summed E-state index contributed by atoms with van der Waals surface area (Å²) in [5.41, 5.74) is 1.58. The number of hydrogen-bond acceptors (Lipinski definition) is 5. The molecular weight excluding hydrogens is 365 g/mol. The Kier molecular flexibility index (Phi) is 5.05. The topological polar surface area (TPSA) is 67.4 Å². The Labute approximate surface area is 153 Å². The quantitative estimate of drug-likeness (QED) is 0.621. The van der Waals surface area contributed by atoms with Gasteiger partial charge in [0.25, 0.3) is 0 Å². The Balaban J connectivity index is 2.17. The molecule has 1 atom stereocenters. The molecule has 0 saturated heterocycles. The summed E-state index contributed by atoms with van der Waals surface area (Å²) in [6, 6.07) is 11.2. The average Bonchev–Trinajstić information content (AvgIpc) is 3.01. The van der Waals surface area contributed by atoms with Crippen molar-refractivity contribution in [2.75, 3.05) is 0 Å². The van der Waals surface area contributed by atoms with E-state index in [1.165, 1.54) is 11.8 Å². The molecule has 0 saturated carbocycles. The van der Waals surface area contributed by atoms with Gasteiger partial charge in [0.1, 0.15) is 0 Å². The summed E-state index contributed by atoms with van der Waals surface area (Å²) in [6.45, 7) is 1.81. The fourth-order valence-electron chi connectivity index (χ4n) is 2.07. The van der Waals surface area contributed by atoms with Gasteiger partial charge in [-0.1, -0.05) is 35.0 Å². The van der Waals surface area contributed by atoms with Crippen LogP contribution in [0, 0.1) is 11.3 Å². The first-order valence-electron chi connectivity index (χ1n) is 6.97. The molecule has 1 aromatic carbocycles. The lowest BCUT2D eigenvalue weighted by Gasteiger charge is -2.11. The van der Waals surface area contributed by atoms with E-state index in [0.717, 1.165) is 11.3 Å². The highest BCUT2D eigenvalue weighted by atomic mass is 35.5. The molecule has 0 radical (unpaired) electrons. The molecule has 3 aromatic rings. The third-order valence-electron chi connectivity index (χ3n) is 3.18. The molecule has 0 amide bonds. The SMILES string of the molecule is CC(C#N)Sc1nnc(-c2cccnc2)n1-c1ccc(Cl)c(Cl)c1. The van der Waals surface area contributed by atoms with Crippen LogP contribution >= 0.6 is 35.0 Å². The number of rotatable bonds is 4. The number of hydrogen-bond donors (Lipinski definition) is 0. The lowest BCUT2D eigenvalue weighted by molar-refractivity contribution is 0.883. The standard InChI is InChI=1S/C16H11Cl2N5S/c1-10(8-19)24-16-22-21-15(11-3-2-6-20-9-11)23(16)12-4-5-13(17)14(18)7-12/h2-7,9-10H,1H3. The van der Waals surface area contributed by atoms with Crippen LogP contribution in [0.5, 0.6) is 0 Å². The Bertz CT molecular complexity index is 905. The van der Waals surface area contributed by atoms with Crippen LogP contribution in [0.25, 0.3) is 17.1 Å². The maximum atomic E-state index is 9.09. The first-order valence-corrected chi connectivity index (χ1v) is 8.61. The molecule has 0 aliphatic rings. The lowest BCUT2D eigenvalue weighted by atomic mass is 10.2. The number of halogens is 2. The predicted molar refractivity (Wildman–Crippen MR) is 95.5 cm³/mol. The van der Waals surface area contributed by atoms with E-state index in [1.54, 1.807) is 24.5 Å². The van der Waals surface area contributed by atoms with Crippen molar-refractivity contribution < 1.29 is 0 Å². The summed E-state index contributed by atoms with van der Waals surface area (Å²) in [4.78, 5) is 4.13. The molecular formula is C16H11Cl2N5S. The summed E-state index contributed by atoms with van der Waals surface area (Å²) in [5, 5.41) is 18.8. The minimum absolute atomic E-state index is 0.266. The molecule has 24 heavy (non-hydrogen) atoms. The van der Waals surface area contributed by atoms with E-state index in [-0.39, 0.29) is 5.25 Å². The second kappa shape index (κ2) is 7.22. The van der Waals surface area contributed by atoms with Crippen molar-refractivity contribution in [1.29, 1.82) is 5.26 Å². The van der Waals surface area contributed by atoms with Crippen molar-refractivity contribution in [2.45, 2.75) is 17.3 Å². The zero-order valence-corrected chi connectivity index (χ0v) is 14.8. The van der Waals surface area contributed by atoms with Gasteiger partial charge in [0, 0.05) is 18.0 Å². The van der Waals surface area contributed by atoms with Gasteiger partial charge in [-0.15, -0.1) is 10.2 Å². The molecule has 0 N–H and O–H groups in total. The molecule has 0 fully saturated rings. The van der Waals surface area contributed by atoms with E-state index >= 15 is 0 Å². The molecule has 0 spiro atoms. The van der Waals surface area contributed by atoms with Gasteiger partial charge >= 0.3 is 0 Å². The summed E-state index contributed by atoms with van der Waals surface area (Å²) < 4.78 is 1.84. The Hall–Kier alpha value is -2.07. The van der Waals surface area contributed by atoms with Crippen LogP contribution in [0.4, 0.5) is 0 Å². The van der Waals surface area contributed by atoms with Gasteiger partial charge in [0.15, 0.2) is 11.0 Å². The van der Waals surface area contributed by atoms with Crippen LogP contribution in [0.3, 0.4) is 0 Å². The smallest absolute Gasteiger partial charge is 0.197 e. The highest BCUT2D eigenvalue weighted by molar-refractivity contribution is 8.00. The highest BCUT2D eigenvalue weighted by Gasteiger charge is 2.19. The van der Waals surface area contributed by atoms with E-state index in [9.17, 15) is 0 Å². The molecule has 0 aliphatic carbocycles. The zero-order chi connectivity index (χ0) is 17.1. The van der Waals surface area contributed by atoms with E-state index in [4.69, 9.17) is 28.5 Å². The van der Waals surface area contributed by atoms with Gasteiger partial charge < -0.3 is 0 Å². The number of benzene rings is 1. The Morgan fingerprint density at radius 1 is 1.21 bits per heavy atom. The van der Waals surface area contributed by atoms with Crippen LogP contribution in [0.15, 0.2) is 47.9 Å². The van der Waals surface area contributed by atoms with Crippen LogP contribution in [0.1, 0.15) is 6.92 Å². The van der Waals surface area contributed by atoms with Gasteiger partial charge in [0.2, 0.25) is 0 Å². The summed E-state index contributed by atoms with van der Waals surface area (Å²) in [7, 11) is 0. The molecule has 5 nitrogen and oxygen atoms in total. The van der Waals surface area contributed by atoms with E-state index in [2.05, 4.69) is 21.3 Å². The van der Waals surface area contributed by atoms with Gasteiger partial charge in [-0.25, -0.2) is 0 Å². The number of nitrogens with zero attached hydrogens (tertiary/aromatic N) is 5. The maximum absolute atomic E-state index is 9.09. The normalized spacial score (nSPS) is 11.9. The van der Waals surface area contributed by atoms with Crippen LogP contribution in [-0.2, 0) is 0 Å². The van der Waals surface area contributed by atoms with Crippen molar-refractivity contribution >= 4 is 35.0 Å². The molecule has 120 valence electrons. The van der Waals surface area contributed by atoms with Crippen molar-refractivity contribution in [3.63, 3.8) is 0 Å². The minimum Gasteiger partial charge on any atom is -0.270 e. The van der Waals surface area contributed by atoms with E-state index < -0.39 is 0 Å². The third kappa shape index (κ3) is 3.39. The van der Waals surface area contributed by atoms with E-state index in [1.807, 2.05) is 29.7 Å². The Morgan fingerprint density at radius 3 is 2.71 bits per heavy atom. The first-order chi connectivity index (χ1) is 11.6. The van der Waals surface area contributed by atoms with Crippen molar-refractivity contribution in [2.24, 2.45) is 0 Å². The fraction of sp³-hybridized carbons (Fsp3) is 0.125. The Morgan fingerprint density at radius 2 is 2.04 bits per heavy atom. The molecule has 2 heterocycles. The van der Waals surface area contributed by atoms with Crippen LogP contribution in [-0.4, -0.2) is 25.0 Å². The zero-order valence-electron chi connectivity index (χ0n) is 12.5. The summed E-state index contributed by atoms with van der Waals surface area (Å²) in [6.07, 6.45) is 3.40. The fourth-order valence-corrected chi connectivity index (χ4v) is 3.12. The third-order valence-corrected chi connectivity index (χ3v) is 4.85. The van der Waals surface area contributed by atoms with Gasteiger partial charge in [-0.3, -0.25) is 9.55 Å². The number of thioether (sulfide) groups is 1. The maximum Gasteiger partial charge on any atom is 0.197 e. The van der Waals surface area contributed by atoms with Crippen molar-refractivity contribution in [3.05, 3.63) is 52.8 Å². The summed E-state index contributed by atoms with van der Waals surface area (Å²) >= 11 is 13.5. The van der Waals surface area contributed by atoms with Crippen molar-refractivity contribution in [1.82, 2.24) is 19.7 Å². The average molecular weight is 376 g/mol.